The minimum absolute atomic E-state index is 0.218. The summed E-state index contributed by atoms with van der Waals surface area (Å²) >= 11 is 1.31. The third-order valence-electron chi connectivity index (χ3n) is 2.88. The monoisotopic (exact) mass is 294 g/mol. The molecular formula is C15H16F2N2S. The molecule has 0 atom stereocenters. The lowest BCUT2D eigenvalue weighted by Crippen LogP contribution is -1.95. The summed E-state index contributed by atoms with van der Waals surface area (Å²) in [6, 6.07) is 3.50. The van der Waals surface area contributed by atoms with Crippen molar-refractivity contribution in [3.05, 3.63) is 47.9 Å². The van der Waals surface area contributed by atoms with Crippen molar-refractivity contribution in [2.75, 3.05) is 0 Å². The summed E-state index contributed by atoms with van der Waals surface area (Å²) in [5.74, 6) is -0.196. The minimum Gasteiger partial charge on any atom is -0.322 e. The van der Waals surface area contributed by atoms with Crippen LogP contribution in [0.4, 0.5) is 8.78 Å². The van der Waals surface area contributed by atoms with Crippen molar-refractivity contribution in [1.29, 1.82) is 0 Å². The van der Waals surface area contributed by atoms with Crippen molar-refractivity contribution in [2.24, 2.45) is 7.05 Å². The predicted molar refractivity (Wildman–Crippen MR) is 77.9 cm³/mol. The van der Waals surface area contributed by atoms with Crippen LogP contribution in [0.15, 0.2) is 34.7 Å². The quantitative estimate of drug-likeness (QED) is 0.819. The van der Waals surface area contributed by atoms with E-state index in [9.17, 15) is 8.78 Å². The van der Waals surface area contributed by atoms with Gasteiger partial charge in [0.05, 0.1) is 5.69 Å². The fourth-order valence-electron chi connectivity index (χ4n) is 1.90. The lowest BCUT2D eigenvalue weighted by Gasteiger charge is -2.08. The first-order chi connectivity index (χ1) is 9.42. The van der Waals surface area contributed by atoms with E-state index in [0.29, 0.717) is 4.90 Å². The highest BCUT2D eigenvalue weighted by atomic mass is 32.2. The second kappa shape index (κ2) is 5.79. The number of halogens is 2. The van der Waals surface area contributed by atoms with Crippen LogP contribution in [0.5, 0.6) is 0 Å². The molecule has 1 aromatic heterocycles. The Kier molecular flexibility index (Phi) is 4.28. The molecule has 2 rings (SSSR count). The molecular weight excluding hydrogens is 278 g/mol. The van der Waals surface area contributed by atoms with E-state index in [1.165, 1.54) is 23.9 Å². The second-order valence-electron chi connectivity index (χ2n) is 4.79. The Labute approximate surface area is 121 Å². The molecule has 0 amide bonds. The Hall–Kier alpha value is -1.62. The smallest absolute Gasteiger partial charge is 0.132 e. The molecule has 0 unspecified atom stereocenters. The Bertz CT molecular complexity index is 627. The van der Waals surface area contributed by atoms with Gasteiger partial charge in [-0.3, -0.25) is 0 Å². The van der Waals surface area contributed by atoms with Gasteiger partial charge in [0, 0.05) is 18.0 Å². The van der Waals surface area contributed by atoms with E-state index in [0.717, 1.165) is 22.6 Å². The van der Waals surface area contributed by atoms with E-state index in [2.05, 4.69) is 11.6 Å². The number of benzene rings is 1. The molecule has 0 spiro atoms. The number of nitrogens with zero attached hydrogens (tertiary/aromatic N) is 2. The van der Waals surface area contributed by atoms with Crippen LogP contribution in [0.3, 0.4) is 0 Å². The zero-order valence-corrected chi connectivity index (χ0v) is 12.5. The molecule has 0 fully saturated rings. The van der Waals surface area contributed by atoms with Crippen LogP contribution in [-0.2, 0) is 7.05 Å². The normalized spacial score (nSPS) is 11.1. The van der Waals surface area contributed by atoms with Gasteiger partial charge in [0.25, 0.3) is 0 Å². The van der Waals surface area contributed by atoms with Crippen LogP contribution in [0.1, 0.15) is 31.3 Å². The van der Waals surface area contributed by atoms with Gasteiger partial charge in [0.2, 0.25) is 0 Å². The molecule has 20 heavy (non-hydrogen) atoms. The minimum atomic E-state index is -0.579. The number of rotatable bonds is 4. The van der Waals surface area contributed by atoms with Crippen LogP contribution in [0, 0.1) is 11.6 Å². The summed E-state index contributed by atoms with van der Waals surface area (Å²) in [6.07, 6.45) is 1.67. The molecule has 0 aliphatic heterocycles. The molecule has 1 aromatic carbocycles. The van der Waals surface area contributed by atoms with Gasteiger partial charge < -0.3 is 4.57 Å². The third-order valence-corrected chi connectivity index (χ3v) is 4.03. The highest BCUT2D eigenvalue weighted by Gasteiger charge is 2.17. The third kappa shape index (κ3) is 2.93. The van der Waals surface area contributed by atoms with Crippen molar-refractivity contribution >= 4 is 17.8 Å². The summed E-state index contributed by atoms with van der Waals surface area (Å²) in [6.45, 7) is 7.79. The van der Waals surface area contributed by atoms with Gasteiger partial charge in [0.15, 0.2) is 0 Å². The van der Waals surface area contributed by atoms with Crippen molar-refractivity contribution in [2.45, 2.75) is 29.7 Å². The number of aromatic nitrogens is 2. The van der Waals surface area contributed by atoms with Crippen molar-refractivity contribution in [3.63, 3.8) is 0 Å². The second-order valence-corrected chi connectivity index (χ2v) is 5.85. The summed E-state index contributed by atoms with van der Waals surface area (Å²) in [5.41, 5.74) is 0.900. The molecule has 5 heteroatoms. The average Bonchev–Trinajstić information content (AvgIpc) is 2.65. The summed E-state index contributed by atoms with van der Waals surface area (Å²) in [5, 5.41) is 0.875. The molecule has 0 radical (unpaired) electrons. The van der Waals surface area contributed by atoms with E-state index >= 15 is 0 Å². The van der Waals surface area contributed by atoms with Crippen LogP contribution >= 0.6 is 11.8 Å². The standard InChI is InChI=1S/C15H16F2N2S/c1-5-13-18-14(9(2)3)15(19(13)4)20-12-7-10(16)6-11(17)8-12/h5-9H,1H2,2-4H3. The fraction of sp³-hybridized carbons (Fsp3) is 0.267. The van der Waals surface area contributed by atoms with Gasteiger partial charge in [-0.05, 0) is 24.1 Å². The molecule has 0 saturated carbocycles. The van der Waals surface area contributed by atoms with Crippen molar-refractivity contribution in [1.82, 2.24) is 9.55 Å². The lowest BCUT2D eigenvalue weighted by molar-refractivity contribution is 0.577. The lowest BCUT2D eigenvalue weighted by atomic mass is 10.2. The molecule has 0 saturated heterocycles. The Balaban J connectivity index is 2.46. The van der Waals surface area contributed by atoms with Gasteiger partial charge in [0.1, 0.15) is 22.5 Å². The summed E-state index contributed by atoms with van der Waals surface area (Å²) in [7, 11) is 1.87. The Morgan fingerprint density at radius 3 is 2.35 bits per heavy atom. The van der Waals surface area contributed by atoms with Gasteiger partial charge in [-0.25, -0.2) is 13.8 Å². The summed E-state index contributed by atoms with van der Waals surface area (Å²) < 4.78 is 28.4. The molecule has 0 aliphatic rings. The van der Waals surface area contributed by atoms with E-state index < -0.39 is 11.6 Å². The van der Waals surface area contributed by atoms with E-state index in [4.69, 9.17) is 0 Å². The van der Waals surface area contributed by atoms with E-state index in [-0.39, 0.29) is 5.92 Å². The first kappa shape index (κ1) is 14.8. The SMILES string of the molecule is C=Cc1nc(C(C)C)c(Sc2cc(F)cc(F)c2)n1C. The molecule has 2 aromatic rings. The highest BCUT2D eigenvalue weighted by molar-refractivity contribution is 7.99. The first-order valence-electron chi connectivity index (χ1n) is 6.25. The highest BCUT2D eigenvalue weighted by Crippen LogP contribution is 2.35. The number of imidazole rings is 1. The maximum absolute atomic E-state index is 13.3. The van der Waals surface area contributed by atoms with Crippen molar-refractivity contribution in [3.8, 4) is 0 Å². The Morgan fingerprint density at radius 2 is 1.85 bits per heavy atom. The van der Waals surface area contributed by atoms with Crippen LogP contribution in [0.25, 0.3) is 6.08 Å². The van der Waals surface area contributed by atoms with Gasteiger partial charge in [-0.2, -0.15) is 0 Å². The van der Waals surface area contributed by atoms with Crippen molar-refractivity contribution < 1.29 is 8.78 Å². The fourth-order valence-corrected chi connectivity index (χ4v) is 3.08. The predicted octanol–water partition coefficient (Wildman–Crippen LogP) is 4.62. The van der Waals surface area contributed by atoms with E-state index in [1.54, 1.807) is 6.08 Å². The van der Waals surface area contributed by atoms with Gasteiger partial charge in [-0.15, -0.1) is 0 Å². The van der Waals surface area contributed by atoms with E-state index in [1.807, 2.05) is 25.5 Å². The zero-order chi connectivity index (χ0) is 14.9. The van der Waals surface area contributed by atoms with Crippen LogP contribution in [0.2, 0.25) is 0 Å². The van der Waals surface area contributed by atoms with Crippen LogP contribution < -0.4 is 0 Å². The molecule has 0 N–H and O–H groups in total. The first-order valence-corrected chi connectivity index (χ1v) is 7.07. The Morgan fingerprint density at radius 1 is 1.25 bits per heavy atom. The number of hydrogen-bond donors (Lipinski definition) is 0. The average molecular weight is 294 g/mol. The summed E-state index contributed by atoms with van der Waals surface area (Å²) in [4.78, 5) is 5.02. The van der Waals surface area contributed by atoms with Gasteiger partial charge in [-0.1, -0.05) is 32.2 Å². The maximum Gasteiger partial charge on any atom is 0.132 e. The topological polar surface area (TPSA) is 17.8 Å². The molecule has 0 bridgehead atoms. The van der Waals surface area contributed by atoms with Gasteiger partial charge >= 0.3 is 0 Å². The largest absolute Gasteiger partial charge is 0.322 e. The molecule has 1 heterocycles. The number of hydrogen-bond acceptors (Lipinski definition) is 2. The van der Waals surface area contributed by atoms with Crippen LogP contribution in [-0.4, -0.2) is 9.55 Å². The maximum atomic E-state index is 13.3. The molecule has 0 aliphatic carbocycles. The molecule has 2 nitrogen and oxygen atoms in total. The molecule has 106 valence electrons. The zero-order valence-electron chi connectivity index (χ0n) is 11.7.